The zero-order valence-corrected chi connectivity index (χ0v) is 13.0. The Bertz CT molecular complexity index is 274. The fraction of sp³-hybridized carbons (Fsp3) is 0.625. The van der Waals surface area contributed by atoms with Crippen molar-refractivity contribution in [2.45, 2.75) is 57.4 Å². The fourth-order valence-corrected chi connectivity index (χ4v) is 3.94. The summed E-state index contributed by atoms with van der Waals surface area (Å²) in [6.07, 6.45) is 10.5. The monoisotopic (exact) mass is 264 g/mol. The van der Waals surface area contributed by atoms with Crippen molar-refractivity contribution in [1.82, 2.24) is 0 Å². The lowest BCUT2D eigenvalue weighted by Crippen LogP contribution is -2.12. The first-order valence-corrected chi connectivity index (χ1v) is 9.29. The van der Waals surface area contributed by atoms with Crippen molar-refractivity contribution in [1.29, 1.82) is 0 Å². The van der Waals surface area contributed by atoms with Crippen molar-refractivity contribution in [2.75, 3.05) is 6.61 Å². The highest BCUT2D eigenvalue weighted by Gasteiger charge is 1.94. The predicted molar refractivity (Wildman–Crippen MR) is 83.4 cm³/mol. The maximum atomic E-state index is 8.66. The third-order valence-corrected chi connectivity index (χ3v) is 5.37. The molecule has 1 nitrogen and oxygen atoms in total. The third-order valence-electron chi connectivity index (χ3n) is 3.47. The summed E-state index contributed by atoms with van der Waals surface area (Å²) in [6.45, 7) is 0.365. The van der Waals surface area contributed by atoms with Crippen LogP contribution in [0.15, 0.2) is 30.3 Å². The van der Waals surface area contributed by atoms with Gasteiger partial charge in [0, 0.05) is 6.61 Å². The summed E-state index contributed by atoms with van der Waals surface area (Å²) in [7, 11) is 0.0100. The normalized spacial score (nSPS) is 11.4. The Hall–Kier alpha value is -0.603. The molecule has 0 radical (unpaired) electrons. The minimum atomic E-state index is 0.0100. The Morgan fingerprint density at radius 3 is 1.89 bits per heavy atom. The average Bonchev–Trinajstić information content (AvgIpc) is 2.42. The van der Waals surface area contributed by atoms with Gasteiger partial charge in [0.1, 0.15) is 0 Å². The molecule has 1 aromatic carbocycles. The SMILES string of the molecule is OCCCCCCCCCC[SiH2]c1ccccc1. The number of hydrogen-bond donors (Lipinski definition) is 1. The summed E-state index contributed by atoms with van der Waals surface area (Å²) in [5, 5.41) is 10.3. The predicted octanol–water partition coefficient (Wildman–Crippen LogP) is 3.01. The van der Waals surface area contributed by atoms with Crippen molar-refractivity contribution < 1.29 is 5.11 Å². The number of unbranched alkanes of at least 4 members (excludes halogenated alkanes) is 7. The molecule has 1 aromatic rings. The van der Waals surface area contributed by atoms with Crippen LogP contribution in [0.3, 0.4) is 0 Å². The van der Waals surface area contributed by atoms with E-state index in [1.165, 1.54) is 51.0 Å². The molecule has 0 aliphatic carbocycles. The molecule has 1 N–H and O–H groups in total. The standard InChI is InChI=1S/C16H28OSi/c17-14-10-5-3-1-2-4-6-11-15-18-16-12-8-7-9-13-16/h7-9,12-13,17H,1-6,10-11,14-15,18H2. The van der Waals surface area contributed by atoms with Crippen LogP contribution in [0.5, 0.6) is 0 Å². The number of benzene rings is 1. The fourth-order valence-electron chi connectivity index (χ4n) is 2.32. The molecule has 0 saturated heterocycles. The van der Waals surface area contributed by atoms with Crippen LogP contribution < -0.4 is 5.19 Å². The molecule has 102 valence electrons. The third kappa shape index (κ3) is 8.48. The van der Waals surface area contributed by atoms with Crippen molar-refractivity contribution >= 4 is 14.7 Å². The van der Waals surface area contributed by atoms with Crippen LogP contribution in [0.2, 0.25) is 6.04 Å². The maximum Gasteiger partial charge on any atom is 0.0547 e. The molecular formula is C16H28OSi. The van der Waals surface area contributed by atoms with Gasteiger partial charge in [0.05, 0.1) is 9.52 Å². The summed E-state index contributed by atoms with van der Waals surface area (Å²) in [6, 6.07) is 12.5. The first kappa shape index (κ1) is 15.5. The summed E-state index contributed by atoms with van der Waals surface area (Å²) in [4.78, 5) is 0. The van der Waals surface area contributed by atoms with E-state index < -0.39 is 0 Å². The first-order valence-electron chi connectivity index (χ1n) is 7.58. The van der Waals surface area contributed by atoms with E-state index in [4.69, 9.17) is 5.11 Å². The van der Waals surface area contributed by atoms with E-state index >= 15 is 0 Å². The van der Waals surface area contributed by atoms with Crippen LogP contribution in [0.25, 0.3) is 0 Å². The van der Waals surface area contributed by atoms with Crippen LogP contribution in [-0.4, -0.2) is 21.2 Å². The summed E-state index contributed by atoms with van der Waals surface area (Å²) in [5.74, 6) is 0. The van der Waals surface area contributed by atoms with Gasteiger partial charge in [0.2, 0.25) is 0 Å². The Morgan fingerprint density at radius 2 is 1.28 bits per heavy atom. The Labute approximate surface area is 114 Å². The van der Waals surface area contributed by atoms with Gasteiger partial charge in [-0.25, -0.2) is 0 Å². The smallest absolute Gasteiger partial charge is 0.0547 e. The van der Waals surface area contributed by atoms with Gasteiger partial charge < -0.3 is 5.11 Å². The van der Waals surface area contributed by atoms with Gasteiger partial charge in [0.25, 0.3) is 0 Å². The molecule has 0 amide bonds. The minimum Gasteiger partial charge on any atom is -0.396 e. The van der Waals surface area contributed by atoms with E-state index in [9.17, 15) is 0 Å². The summed E-state index contributed by atoms with van der Waals surface area (Å²) >= 11 is 0. The highest BCUT2D eigenvalue weighted by atomic mass is 28.2. The Morgan fingerprint density at radius 1 is 0.722 bits per heavy atom. The Kier molecular flexibility index (Phi) is 9.86. The van der Waals surface area contributed by atoms with Crippen molar-refractivity contribution in [2.24, 2.45) is 0 Å². The molecule has 0 unspecified atom stereocenters. The topological polar surface area (TPSA) is 20.2 Å². The minimum absolute atomic E-state index is 0.0100. The molecule has 0 aliphatic rings. The average molecular weight is 264 g/mol. The largest absolute Gasteiger partial charge is 0.396 e. The summed E-state index contributed by atoms with van der Waals surface area (Å²) in [5.41, 5.74) is 0. The number of hydrogen-bond acceptors (Lipinski definition) is 1. The quantitative estimate of drug-likeness (QED) is 0.481. The van der Waals surface area contributed by atoms with Crippen LogP contribution in [0, 0.1) is 0 Å². The van der Waals surface area contributed by atoms with Gasteiger partial charge in [-0.1, -0.05) is 86.5 Å². The number of rotatable bonds is 11. The van der Waals surface area contributed by atoms with Crippen LogP contribution in [-0.2, 0) is 0 Å². The number of aliphatic hydroxyl groups is 1. The molecule has 0 saturated carbocycles. The van der Waals surface area contributed by atoms with Crippen LogP contribution in [0.4, 0.5) is 0 Å². The van der Waals surface area contributed by atoms with Crippen LogP contribution in [0.1, 0.15) is 51.4 Å². The molecule has 0 bridgehead atoms. The van der Waals surface area contributed by atoms with Crippen LogP contribution >= 0.6 is 0 Å². The lowest BCUT2D eigenvalue weighted by atomic mass is 10.1. The molecule has 0 atom stereocenters. The second kappa shape index (κ2) is 11.5. The summed E-state index contributed by atoms with van der Waals surface area (Å²) < 4.78 is 0. The second-order valence-corrected chi connectivity index (χ2v) is 7.16. The van der Waals surface area contributed by atoms with E-state index in [1.54, 1.807) is 5.19 Å². The van der Waals surface area contributed by atoms with Gasteiger partial charge in [-0.2, -0.15) is 0 Å². The highest BCUT2D eigenvalue weighted by Crippen LogP contribution is 2.09. The van der Waals surface area contributed by atoms with E-state index in [0.29, 0.717) is 6.61 Å². The molecular weight excluding hydrogens is 236 g/mol. The van der Waals surface area contributed by atoms with Gasteiger partial charge in [-0.05, 0) is 6.42 Å². The lowest BCUT2D eigenvalue weighted by molar-refractivity contribution is 0.282. The molecule has 18 heavy (non-hydrogen) atoms. The molecule has 1 rings (SSSR count). The van der Waals surface area contributed by atoms with E-state index in [1.807, 2.05) is 0 Å². The van der Waals surface area contributed by atoms with E-state index in [-0.39, 0.29) is 9.52 Å². The van der Waals surface area contributed by atoms with Gasteiger partial charge in [0.15, 0.2) is 0 Å². The van der Waals surface area contributed by atoms with Gasteiger partial charge in [-0.3, -0.25) is 0 Å². The van der Waals surface area contributed by atoms with Crippen molar-refractivity contribution in [3.63, 3.8) is 0 Å². The van der Waals surface area contributed by atoms with Gasteiger partial charge in [-0.15, -0.1) is 0 Å². The highest BCUT2D eigenvalue weighted by molar-refractivity contribution is 6.53. The Balaban J connectivity index is 1.82. The molecule has 0 fully saturated rings. The zero-order chi connectivity index (χ0) is 12.9. The zero-order valence-electron chi connectivity index (χ0n) is 11.6. The molecule has 0 spiro atoms. The van der Waals surface area contributed by atoms with E-state index in [0.717, 1.165) is 6.42 Å². The lowest BCUT2D eigenvalue weighted by Gasteiger charge is -2.02. The van der Waals surface area contributed by atoms with Gasteiger partial charge >= 0.3 is 0 Å². The molecule has 0 aromatic heterocycles. The number of aliphatic hydroxyl groups excluding tert-OH is 1. The molecule has 0 aliphatic heterocycles. The first-order chi connectivity index (χ1) is 8.93. The maximum absolute atomic E-state index is 8.66. The van der Waals surface area contributed by atoms with Crippen molar-refractivity contribution in [3.05, 3.63) is 30.3 Å². The van der Waals surface area contributed by atoms with Crippen molar-refractivity contribution in [3.8, 4) is 0 Å². The molecule has 0 heterocycles. The van der Waals surface area contributed by atoms with E-state index in [2.05, 4.69) is 30.3 Å². The molecule has 2 heteroatoms. The second-order valence-electron chi connectivity index (χ2n) is 5.14.